The van der Waals surface area contributed by atoms with E-state index in [-0.39, 0.29) is 18.4 Å². The molecular weight excluding hydrogens is 398 g/mol. The molecule has 0 aliphatic rings. The van der Waals surface area contributed by atoms with Crippen LogP contribution in [0.15, 0.2) is 30.3 Å². The van der Waals surface area contributed by atoms with E-state index in [1.54, 1.807) is 20.3 Å². The Bertz CT molecular complexity index is 785. The van der Waals surface area contributed by atoms with Crippen molar-refractivity contribution in [2.45, 2.75) is 6.61 Å². The van der Waals surface area contributed by atoms with E-state index in [1.165, 1.54) is 4.67 Å². The molecule has 1 atom stereocenters. The minimum atomic E-state index is -3.55. The lowest BCUT2D eigenvalue weighted by Crippen LogP contribution is -2.29. The van der Waals surface area contributed by atoms with Crippen LogP contribution >= 0.6 is 30.9 Å². The monoisotopic (exact) mass is 420 g/mol. The van der Waals surface area contributed by atoms with Crippen molar-refractivity contribution in [2.75, 3.05) is 39.1 Å². The van der Waals surface area contributed by atoms with Gasteiger partial charge in [0.1, 0.15) is 11.5 Å². The maximum absolute atomic E-state index is 12.8. The van der Waals surface area contributed by atoms with Gasteiger partial charge in [0.25, 0.3) is 0 Å². The first-order valence-corrected chi connectivity index (χ1v) is 10.7. The number of methoxy groups -OCH3 is 2. The summed E-state index contributed by atoms with van der Waals surface area (Å²) in [6.07, 6.45) is 0. The fourth-order valence-electron chi connectivity index (χ4n) is 2.72. The highest BCUT2D eigenvalue weighted by Crippen LogP contribution is 2.45. The van der Waals surface area contributed by atoms with E-state index >= 15 is 0 Å². The second-order valence-corrected chi connectivity index (χ2v) is 8.19. The highest BCUT2D eigenvalue weighted by Gasteiger charge is 2.27. The smallest absolute Gasteiger partial charge is 0.341 e. The van der Waals surface area contributed by atoms with Crippen molar-refractivity contribution in [3.63, 3.8) is 0 Å². The minimum absolute atomic E-state index is 0.000777. The Morgan fingerprint density at radius 2 is 1.69 bits per heavy atom. The molecule has 2 aromatic carbocycles. The molecule has 6 nitrogen and oxygen atoms in total. The van der Waals surface area contributed by atoms with Gasteiger partial charge in [0, 0.05) is 41.2 Å². The fraction of sp³-hybridized carbons (Fsp3) is 0.412. The summed E-state index contributed by atoms with van der Waals surface area (Å²) >= 11 is 11.5. The summed E-state index contributed by atoms with van der Waals surface area (Å²) in [5.41, 5.74) is 6.61. The van der Waals surface area contributed by atoms with Crippen LogP contribution in [0.3, 0.4) is 0 Å². The van der Waals surface area contributed by atoms with E-state index in [1.807, 2.05) is 24.3 Å². The van der Waals surface area contributed by atoms with Crippen LogP contribution in [0, 0.1) is 0 Å². The molecule has 0 saturated carbocycles. The maximum Gasteiger partial charge on any atom is 0.341 e. The van der Waals surface area contributed by atoms with Crippen LogP contribution in [-0.2, 0) is 15.7 Å². The molecule has 9 heteroatoms. The van der Waals surface area contributed by atoms with E-state index in [9.17, 15) is 4.57 Å². The lowest BCUT2D eigenvalue weighted by atomic mass is 10.0. The van der Waals surface area contributed by atoms with Gasteiger partial charge in [-0.05, 0) is 6.07 Å². The molecular formula is C17H23Cl2N2O4P. The van der Waals surface area contributed by atoms with Crippen molar-refractivity contribution in [1.29, 1.82) is 0 Å². The zero-order valence-corrected chi connectivity index (χ0v) is 17.2. The number of nitrogens with two attached hydrogens (primary N) is 1. The topological polar surface area (TPSA) is 74.0 Å². The molecule has 0 radical (unpaired) electrons. The van der Waals surface area contributed by atoms with Gasteiger partial charge in [-0.1, -0.05) is 24.3 Å². The third kappa shape index (κ3) is 4.83. The summed E-state index contributed by atoms with van der Waals surface area (Å²) < 4.78 is 30.9. The summed E-state index contributed by atoms with van der Waals surface area (Å²) in [6.45, 7) is 0.639. The molecule has 0 heterocycles. The van der Waals surface area contributed by atoms with Crippen LogP contribution in [0.5, 0.6) is 11.5 Å². The lowest BCUT2D eigenvalue weighted by Gasteiger charge is -2.27. The third-order valence-corrected chi connectivity index (χ3v) is 5.97. The van der Waals surface area contributed by atoms with Gasteiger partial charge in [0.2, 0.25) is 0 Å². The van der Waals surface area contributed by atoms with Crippen LogP contribution in [-0.4, -0.2) is 43.7 Å². The molecule has 0 amide bonds. The molecule has 2 rings (SSSR count). The van der Waals surface area contributed by atoms with Gasteiger partial charge < -0.3 is 14.0 Å². The summed E-state index contributed by atoms with van der Waals surface area (Å²) in [7, 11) is -0.378. The van der Waals surface area contributed by atoms with Gasteiger partial charge in [-0.3, -0.25) is 4.57 Å². The zero-order chi connectivity index (χ0) is 19.2. The molecule has 0 aliphatic heterocycles. The summed E-state index contributed by atoms with van der Waals surface area (Å²) in [4.78, 5) is 0. The normalized spacial score (nSPS) is 13.8. The molecule has 0 spiro atoms. The third-order valence-electron chi connectivity index (χ3n) is 3.94. The van der Waals surface area contributed by atoms with Crippen LogP contribution < -0.4 is 15.0 Å². The first kappa shape index (κ1) is 21.3. The van der Waals surface area contributed by atoms with Crippen molar-refractivity contribution in [3.05, 3.63) is 35.9 Å². The predicted octanol–water partition coefficient (Wildman–Crippen LogP) is 4.22. The number of halogens is 2. The number of rotatable bonds is 10. The number of alkyl halides is 2. The highest BCUT2D eigenvalue weighted by atomic mass is 35.5. The number of fused-ring (bicyclic) bond motifs is 1. The van der Waals surface area contributed by atoms with E-state index < -0.39 is 7.67 Å². The molecule has 0 aromatic heterocycles. The van der Waals surface area contributed by atoms with Gasteiger partial charge in [0.05, 0.1) is 20.8 Å². The molecule has 0 saturated heterocycles. The Hall–Kier alpha value is -1.01. The number of ether oxygens (including phenoxy) is 2. The highest BCUT2D eigenvalue weighted by molar-refractivity contribution is 7.53. The van der Waals surface area contributed by atoms with Crippen LogP contribution in [0.2, 0.25) is 0 Å². The largest absolute Gasteiger partial charge is 0.496 e. The van der Waals surface area contributed by atoms with Crippen molar-refractivity contribution < 1.29 is 18.6 Å². The van der Waals surface area contributed by atoms with Crippen LogP contribution in [0.25, 0.3) is 10.8 Å². The van der Waals surface area contributed by atoms with E-state index in [0.717, 1.165) is 10.8 Å². The van der Waals surface area contributed by atoms with Gasteiger partial charge in [-0.2, -0.15) is 0 Å². The SMILES string of the molecule is COc1cc(COP(N)(=O)N(CCCl)CCCl)c(OC)c2ccccc12. The molecule has 0 fully saturated rings. The van der Waals surface area contributed by atoms with Crippen molar-refractivity contribution in [2.24, 2.45) is 5.50 Å². The Morgan fingerprint density at radius 3 is 2.23 bits per heavy atom. The van der Waals surface area contributed by atoms with Gasteiger partial charge >= 0.3 is 7.67 Å². The molecule has 2 aromatic rings. The molecule has 1 unspecified atom stereocenters. The van der Waals surface area contributed by atoms with E-state index in [2.05, 4.69) is 0 Å². The quantitative estimate of drug-likeness (QED) is 0.458. The Labute approximate surface area is 163 Å². The van der Waals surface area contributed by atoms with Crippen LogP contribution in [0.1, 0.15) is 5.56 Å². The summed E-state index contributed by atoms with van der Waals surface area (Å²) in [5, 5.41) is 1.79. The predicted molar refractivity (Wildman–Crippen MR) is 107 cm³/mol. The Kier molecular flexibility index (Phi) is 8.02. The first-order valence-electron chi connectivity index (χ1n) is 8.01. The van der Waals surface area contributed by atoms with E-state index in [0.29, 0.717) is 30.2 Å². The average Bonchev–Trinajstić information content (AvgIpc) is 2.65. The number of benzene rings is 2. The second kappa shape index (κ2) is 9.79. The zero-order valence-electron chi connectivity index (χ0n) is 14.8. The van der Waals surface area contributed by atoms with Gasteiger partial charge in [-0.15, -0.1) is 23.2 Å². The fourth-order valence-corrected chi connectivity index (χ4v) is 4.61. The van der Waals surface area contributed by atoms with E-state index in [4.69, 9.17) is 42.7 Å². The van der Waals surface area contributed by atoms with Gasteiger partial charge in [-0.25, -0.2) is 10.2 Å². The second-order valence-electron chi connectivity index (χ2n) is 5.49. The lowest BCUT2D eigenvalue weighted by molar-refractivity contribution is 0.252. The minimum Gasteiger partial charge on any atom is -0.496 e. The molecule has 144 valence electrons. The van der Waals surface area contributed by atoms with Crippen molar-refractivity contribution in [3.8, 4) is 11.5 Å². The summed E-state index contributed by atoms with van der Waals surface area (Å²) in [6, 6.07) is 9.50. The maximum atomic E-state index is 12.8. The van der Waals surface area contributed by atoms with Crippen molar-refractivity contribution >= 4 is 41.6 Å². The number of hydrogen-bond donors (Lipinski definition) is 1. The first-order chi connectivity index (χ1) is 12.5. The number of hydrogen-bond acceptors (Lipinski definition) is 4. The molecule has 0 bridgehead atoms. The van der Waals surface area contributed by atoms with Gasteiger partial charge in [0.15, 0.2) is 0 Å². The average molecular weight is 421 g/mol. The number of nitrogens with zero attached hydrogens (tertiary/aromatic N) is 1. The Morgan fingerprint density at radius 1 is 1.08 bits per heavy atom. The molecule has 2 N–H and O–H groups in total. The standard InChI is InChI=1S/C17H23Cl2N2O4P/c1-23-16-11-13(17(24-2)15-6-4-3-5-14(15)16)12-25-26(20,22)21(9-7-18)10-8-19/h3-6,11H,7-10,12H2,1-2H3,(H2,20,22). The Balaban J connectivity index is 2.34. The molecule has 26 heavy (non-hydrogen) atoms. The van der Waals surface area contributed by atoms with Crippen LogP contribution in [0.4, 0.5) is 0 Å². The summed E-state index contributed by atoms with van der Waals surface area (Å²) in [5.74, 6) is 1.84. The van der Waals surface area contributed by atoms with Crippen molar-refractivity contribution in [1.82, 2.24) is 4.67 Å². The molecule has 0 aliphatic carbocycles.